The maximum atomic E-state index is 5.93. The van der Waals surface area contributed by atoms with Crippen molar-refractivity contribution in [2.45, 2.75) is 25.9 Å². The zero-order valence-corrected chi connectivity index (χ0v) is 8.56. The lowest BCUT2D eigenvalue weighted by Gasteiger charge is -2.27. The Morgan fingerprint density at radius 2 is 2.42 bits per heavy atom. The van der Waals surface area contributed by atoms with E-state index in [0.717, 1.165) is 26.1 Å². The maximum Gasteiger partial charge on any atom is 0.0549 e. The van der Waals surface area contributed by atoms with Crippen LogP contribution in [0.15, 0.2) is 0 Å². The SMILES string of the molecule is COC(C)CC1(CCl)CCOC1. The van der Waals surface area contributed by atoms with Crippen molar-refractivity contribution in [3.63, 3.8) is 0 Å². The molecule has 0 amide bonds. The Morgan fingerprint density at radius 3 is 2.83 bits per heavy atom. The number of hydrogen-bond acceptors (Lipinski definition) is 2. The van der Waals surface area contributed by atoms with Gasteiger partial charge in [0.1, 0.15) is 0 Å². The topological polar surface area (TPSA) is 18.5 Å². The van der Waals surface area contributed by atoms with Crippen molar-refractivity contribution in [3.8, 4) is 0 Å². The van der Waals surface area contributed by atoms with Crippen molar-refractivity contribution in [1.29, 1.82) is 0 Å². The first-order valence-electron chi connectivity index (χ1n) is 4.39. The van der Waals surface area contributed by atoms with Gasteiger partial charge >= 0.3 is 0 Å². The molecule has 0 aromatic rings. The van der Waals surface area contributed by atoms with Gasteiger partial charge in [0, 0.05) is 25.0 Å². The van der Waals surface area contributed by atoms with Crippen molar-refractivity contribution in [3.05, 3.63) is 0 Å². The average molecular weight is 193 g/mol. The summed E-state index contributed by atoms with van der Waals surface area (Å²) in [4.78, 5) is 0. The lowest BCUT2D eigenvalue weighted by atomic mass is 9.84. The van der Waals surface area contributed by atoms with Gasteiger partial charge in [-0.2, -0.15) is 0 Å². The highest BCUT2D eigenvalue weighted by Gasteiger charge is 2.35. The molecule has 3 heteroatoms. The molecule has 12 heavy (non-hydrogen) atoms. The average Bonchev–Trinajstić information content (AvgIpc) is 2.54. The van der Waals surface area contributed by atoms with Crippen LogP contribution in [-0.2, 0) is 9.47 Å². The Balaban J connectivity index is 2.43. The Labute approximate surface area is 79.2 Å². The number of hydrogen-bond donors (Lipinski definition) is 0. The van der Waals surface area contributed by atoms with Gasteiger partial charge in [-0.3, -0.25) is 0 Å². The summed E-state index contributed by atoms with van der Waals surface area (Å²) in [5.74, 6) is 0.681. The summed E-state index contributed by atoms with van der Waals surface area (Å²) in [6, 6.07) is 0. The molecule has 0 N–H and O–H groups in total. The van der Waals surface area contributed by atoms with E-state index in [9.17, 15) is 0 Å². The molecule has 0 bridgehead atoms. The molecule has 2 unspecified atom stereocenters. The van der Waals surface area contributed by atoms with Gasteiger partial charge in [0.2, 0.25) is 0 Å². The molecule has 0 saturated carbocycles. The molecule has 1 fully saturated rings. The number of ether oxygens (including phenoxy) is 2. The van der Waals surface area contributed by atoms with Crippen LogP contribution in [0.25, 0.3) is 0 Å². The summed E-state index contributed by atoms with van der Waals surface area (Å²) >= 11 is 5.93. The highest BCUT2D eigenvalue weighted by molar-refractivity contribution is 6.18. The van der Waals surface area contributed by atoms with Gasteiger partial charge in [-0.1, -0.05) is 0 Å². The summed E-state index contributed by atoms with van der Waals surface area (Å²) in [5.41, 5.74) is 0.178. The predicted molar refractivity (Wildman–Crippen MR) is 49.7 cm³/mol. The zero-order chi connectivity index (χ0) is 9.03. The Hall–Kier alpha value is 0.210. The van der Waals surface area contributed by atoms with E-state index in [1.54, 1.807) is 7.11 Å². The Kier molecular flexibility index (Phi) is 3.81. The molecule has 1 heterocycles. The van der Waals surface area contributed by atoms with Crippen molar-refractivity contribution in [1.82, 2.24) is 0 Å². The van der Waals surface area contributed by atoms with E-state index < -0.39 is 0 Å². The Morgan fingerprint density at radius 1 is 1.67 bits per heavy atom. The number of alkyl halides is 1. The molecule has 1 saturated heterocycles. The molecule has 1 aliphatic rings. The van der Waals surface area contributed by atoms with Crippen molar-refractivity contribution in [2.75, 3.05) is 26.2 Å². The van der Waals surface area contributed by atoms with E-state index in [1.165, 1.54) is 0 Å². The number of methoxy groups -OCH3 is 1. The molecule has 0 spiro atoms. The highest BCUT2D eigenvalue weighted by atomic mass is 35.5. The normalized spacial score (nSPS) is 32.2. The monoisotopic (exact) mass is 192 g/mol. The van der Waals surface area contributed by atoms with E-state index >= 15 is 0 Å². The van der Waals surface area contributed by atoms with Gasteiger partial charge in [0.15, 0.2) is 0 Å². The quantitative estimate of drug-likeness (QED) is 0.635. The lowest BCUT2D eigenvalue weighted by Crippen LogP contribution is -2.28. The highest BCUT2D eigenvalue weighted by Crippen LogP contribution is 2.35. The van der Waals surface area contributed by atoms with E-state index in [-0.39, 0.29) is 11.5 Å². The molecule has 1 aliphatic heterocycles. The zero-order valence-electron chi connectivity index (χ0n) is 7.81. The fourth-order valence-corrected chi connectivity index (χ4v) is 1.98. The van der Waals surface area contributed by atoms with Crippen LogP contribution in [0.5, 0.6) is 0 Å². The minimum absolute atomic E-state index is 0.178. The second kappa shape index (κ2) is 4.45. The smallest absolute Gasteiger partial charge is 0.0549 e. The van der Waals surface area contributed by atoms with E-state index in [2.05, 4.69) is 6.92 Å². The minimum Gasteiger partial charge on any atom is -0.382 e. The maximum absolute atomic E-state index is 5.93. The third kappa shape index (κ3) is 2.35. The molecule has 2 atom stereocenters. The van der Waals surface area contributed by atoms with Crippen LogP contribution in [0.2, 0.25) is 0 Å². The first-order chi connectivity index (χ1) is 5.72. The van der Waals surface area contributed by atoms with E-state index in [0.29, 0.717) is 5.88 Å². The molecular formula is C9H17ClO2. The van der Waals surface area contributed by atoms with Crippen LogP contribution in [0.3, 0.4) is 0 Å². The number of halogens is 1. The van der Waals surface area contributed by atoms with Gasteiger partial charge in [-0.25, -0.2) is 0 Å². The van der Waals surface area contributed by atoms with Crippen molar-refractivity contribution >= 4 is 11.6 Å². The summed E-state index contributed by atoms with van der Waals surface area (Å²) in [7, 11) is 1.74. The van der Waals surface area contributed by atoms with Gasteiger partial charge in [0.25, 0.3) is 0 Å². The summed E-state index contributed by atoms with van der Waals surface area (Å²) < 4.78 is 10.6. The first-order valence-corrected chi connectivity index (χ1v) is 4.92. The van der Waals surface area contributed by atoms with E-state index in [4.69, 9.17) is 21.1 Å². The largest absolute Gasteiger partial charge is 0.382 e. The van der Waals surface area contributed by atoms with Gasteiger partial charge in [-0.15, -0.1) is 11.6 Å². The first kappa shape index (κ1) is 10.3. The standard InChI is InChI=1S/C9H17ClO2/c1-8(11-2)5-9(6-10)3-4-12-7-9/h8H,3-7H2,1-2H3. The van der Waals surface area contributed by atoms with Crippen LogP contribution in [0.1, 0.15) is 19.8 Å². The fraction of sp³-hybridized carbons (Fsp3) is 1.00. The summed E-state index contributed by atoms with van der Waals surface area (Å²) in [5, 5.41) is 0. The van der Waals surface area contributed by atoms with Crippen LogP contribution in [-0.4, -0.2) is 32.3 Å². The van der Waals surface area contributed by atoms with Crippen LogP contribution < -0.4 is 0 Å². The molecule has 72 valence electrons. The third-order valence-corrected chi connectivity index (χ3v) is 3.16. The van der Waals surface area contributed by atoms with Gasteiger partial charge < -0.3 is 9.47 Å². The summed E-state index contributed by atoms with van der Waals surface area (Å²) in [6.07, 6.45) is 2.36. The molecule has 1 rings (SSSR count). The molecule has 0 aromatic heterocycles. The van der Waals surface area contributed by atoms with Crippen molar-refractivity contribution < 1.29 is 9.47 Å². The van der Waals surface area contributed by atoms with Gasteiger partial charge in [-0.05, 0) is 19.8 Å². The molecule has 0 aliphatic carbocycles. The molecule has 0 radical (unpaired) electrons. The third-order valence-electron chi connectivity index (χ3n) is 2.59. The number of rotatable bonds is 4. The van der Waals surface area contributed by atoms with Crippen LogP contribution in [0, 0.1) is 5.41 Å². The van der Waals surface area contributed by atoms with Crippen molar-refractivity contribution in [2.24, 2.45) is 5.41 Å². The Bertz CT molecular complexity index is 132. The summed E-state index contributed by atoms with van der Waals surface area (Å²) in [6.45, 7) is 3.72. The second-order valence-electron chi connectivity index (χ2n) is 3.69. The molecule has 0 aromatic carbocycles. The second-order valence-corrected chi connectivity index (χ2v) is 3.95. The molecular weight excluding hydrogens is 176 g/mol. The molecule has 2 nitrogen and oxygen atoms in total. The fourth-order valence-electron chi connectivity index (χ4n) is 1.66. The lowest BCUT2D eigenvalue weighted by molar-refractivity contribution is 0.0632. The minimum atomic E-state index is 0.178. The van der Waals surface area contributed by atoms with Crippen LogP contribution in [0.4, 0.5) is 0 Å². The van der Waals surface area contributed by atoms with Crippen LogP contribution >= 0.6 is 11.6 Å². The van der Waals surface area contributed by atoms with Gasteiger partial charge in [0.05, 0.1) is 12.7 Å². The predicted octanol–water partition coefficient (Wildman–Crippen LogP) is 2.06. The van der Waals surface area contributed by atoms with E-state index in [1.807, 2.05) is 0 Å².